The summed E-state index contributed by atoms with van der Waals surface area (Å²) in [7, 11) is 1.24. The van der Waals surface area contributed by atoms with Crippen LogP contribution in [0.15, 0.2) is 29.2 Å². The first-order chi connectivity index (χ1) is 10.2. The highest BCUT2D eigenvalue weighted by molar-refractivity contribution is 7.98. The van der Waals surface area contributed by atoms with Gasteiger partial charge in [-0.3, -0.25) is 0 Å². The zero-order valence-corrected chi connectivity index (χ0v) is 13.0. The van der Waals surface area contributed by atoms with E-state index in [1.54, 1.807) is 16.7 Å². The fourth-order valence-electron chi connectivity index (χ4n) is 2.26. The number of para-hydroxylation sites is 1. The number of rotatable bonds is 2. The molecule has 0 bridgehead atoms. The standard InChI is InChI=1S/C14H19N3O3S/c1-20-14(19)15-13(18)17-9-7-16(8-10-17)11-5-3-4-6-12(11)21-2/h3-6H,7-10H2,1-2H3,(H,15,18,19). The van der Waals surface area contributed by atoms with Gasteiger partial charge in [0, 0.05) is 31.1 Å². The van der Waals surface area contributed by atoms with Gasteiger partial charge in [-0.25, -0.2) is 14.9 Å². The topological polar surface area (TPSA) is 61.9 Å². The van der Waals surface area contributed by atoms with E-state index in [0.717, 1.165) is 13.1 Å². The van der Waals surface area contributed by atoms with Crippen LogP contribution in [0.1, 0.15) is 0 Å². The van der Waals surface area contributed by atoms with Crippen molar-refractivity contribution in [1.29, 1.82) is 0 Å². The Kier molecular flexibility index (Phi) is 5.32. The summed E-state index contributed by atoms with van der Waals surface area (Å²) >= 11 is 1.71. The van der Waals surface area contributed by atoms with Crippen molar-refractivity contribution in [3.8, 4) is 0 Å². The van der Waals surface area contributed by atoms with Crippen LogP contribution in [0.4, 0.5) is 15.3 Å². The first-order valence-corrected chi connectivity index (χ1v) is 7.90. The first-order valence-electron chi connectivity index (χ1n) is 6.67. The summed E-state index contributed by atoms with van der Waals surface area (Å²) < 4.78 is 4.42. The second-order valence-corrected chi connectivity index (χ2v) is 5.42. The smallest absolute Gasteiger partial charge is 0.415 e. The minimum absolute atomic E-state index is 0.403. The van der Waals surface area contributed by atoms with E-state index in [4.69, 9.17) is 0 Å². The maximum Gasteiger partial charge on any atom is 0.415 e. The summed E-state index contributed by atoms with van der Waals surface area (Å²) in [5.41, 5.74) is 1.19. The van der Waals surface area contributed by atoms with Crippen molar-refractivity contribution in [3.63, 3.8) is 0 Å². The number of amides is 3. The number of ether oxygens (including phenoxy) is 1. The molecule has 3 amide bonds. The van der Waals surface area contributed by atoms with Crippen LogP contribution in [0.25, 0.3) is 0 Å². The van der Waals surface area contributed by atoms with Crippen molar-refractivity contribution in [2.24, 2.45) is 0 Å². The second-order valence-electron chi connectivity index (χ2n) is 4.57. The maximum atomic E-state index is 11.8. The van der Waals surface area contributed by atoms with Crippen molar-refractivity contribution in [2.75, 3.05) is 44.4 Å². The molecule has 0 spiro atoms. The Balaban J connectivity index is 1.94. The van der Waals surface area contributed by atoms with Crippen LogP contribution in [0.2, 0.25) is 0 Å². The predicted octanol–water partition coefficient (Wildman–Crippen LogP) is 2.01. The fraction of sp³-hybridized carbons (Fsp3) is 0.429. The number of carbonyl (C=O) groups excluding carboxylic acids is 2. The highest BCUT2D eigenvalue weighted by Gasteiger charge is 2.23. The summed E-state index contributed by atoms with van der Waals surface area (Å²) in [6.45, 7) is 2.63. The minimum Gasteiger partial charge on any atom is -0.453 e. The maximum absolute atomic E-state index is 11.8. The molecule has 7 heteroatoms. The van der Waals surface area contributed by atoms with Gasteiger partial charge < -0.3 is 14.5 Å². The zero-order chi connectivity index (χ0) is 15.2. The highest BCUT2D eigenvalue weighted by Crippen LogP contribution is 2.28. The van der Waals surface area contributed by atoms with Gasteiger partial charge in [0.05, 0.1) is 12.8 Å². The quantitative estimate of drug-likeness (QED) is 0.847. The number of methoxy groups -OCH3 is 1. The number of nitrogens with one attached hydrogen (secondary N) is 1. The summed E-state index contributed by atoms with van der Waals surface area (Å²) in [6, 6.07) is 7.83. The third-order valence-corrected chi connectivity index (χ3v) is 4.17. The lowest BCUT2D eigenvalue weighted by molar-refractivity contribution is 0.160. The van der Waals surface area contributed by atoms with Crippen LogP contribution >= 0.6 is 11.8 Å². The number of thioether (sulfide) groups is 1. The number of piperazine rings is 1. The van der Waals surface area contributed by atoms with E-state index in [-0.39, 0.29) is 0 Å². The lowest BCUT2D eigenvalue weighted by atomic mass is 10.2. The van der Waals surface area contributed by atoms with Gasteiger partial charge in [-0.2, -0.15) is 0 Å². The Morgan fingerprint density at radius 2 is 1.86 bits per heavy atom. The number of imide groups is 1. The molecule has 21 heavy (non-hydrogen) atoms. The Bertz CT molecular complexity index is 516. The van der Waals surface area contributed by atoms with E-state index < -0.39 is 12.1 Å². The fourth-order valence-corrected chi connectivity index (χ4v) is 2.88. The lowest BCUT2D eigenvalue weighted by Crippen LogP contribution is -2.52. The Hall–Kier alpha value is -1.89. The molecule has 2 rings (SSSR count). The molecule has 1 N–H and O–H groups in total. The lowest BCUT2D eigenvalue weighted by Gasteiger charge is -2.36. The molecule has 1 aromatic rings. The van der Waals surface area contributed by atoms with Crippen LogP contribution in [-0.2, 0) is 4.74 Å². The minimum atomic E-state index is -0.727. The Morgan fingerprint density at radius 3 is 2.48 bits per heavy atom. The molecule has 114 valence electrons. The average Bonchev–Trinajstić information content (AvgIpc) is 2.54. The van der Waals surface area contributed by atoms with Gasteiger partial charge in [0.1, 0.15) is 0 Å². The molecule has 0 atom stereocenters. The van der Waals surface area contributed by atoms with Crippen LogP contribution in [0.3, 0.4) is 0 Å². The molecule has 0 radical (unpaired) electrons. The Morgan fingerprint density at radius 1 is 1.19 bits per heavy atom. The number of benzene rings is 1. The van der Waals surface area contributed by atoms with Crippen molar-refractivity contribution >= 4 is 29.6 Å². The summed E-state index contributed by atoms with van der Waals surface area (Å²) in [5.74, 6) is 0. The number of anilines is 1. The van der Waals surface area contributed by atoms with Gasteiger partial charge >= 0.3 is 12.1 Å². The monoisotopic (exact) mass is 309 g/mol. The van der Waals surface area contributed by atoms with E-state index in [2.05, 4.69) is 33.3 Å². The van der Waals surface area contributed by atoms with Gasteiger partial charge in [-0.1, -0.05) is 12.1 Å². The molecule has 0 unspecified atom stereocenters. The van der Waals surface area contributed by atoms with Crippen LogP contribution in [-0.4, -0.2) is 56.6 Å². The molecule has 0 saturated carbocycles. The molecule has 0 aliphatic carbocycles. The first kappa shape index (κ1) is 15.5. The SMILES string of the molecule is COC(=O)NC(=O)N1CCN(c2ccccc2SC)CC1. The van der Waals surface area contributed by atoms with E-state index in [0.29, 0.717) is 13.1 Å². The van der Waals surface area contributed by atoms with Gasteiger partial charge in [0.2, 0.25) is 0 Å². The van der Waals surface area contributed by atoms with Crippen LogP contribution in [0.5, 0.6) is 0 Å². The van der Waals surface area contributed by atoms with E-state index in [1.165, 1.54) is 17.7 Å². The number of carbonyl (C=O) groups is 2. The second kappa shape index (κ2) is 7.21. The van der Waals surface area contributed by atoms with Crippen molar-refractivity contribution < 1.29 is 14.3 Å². The third kappa shape index (κ3) is 3.81. The molecular weight excluding hydrogens is 290 g/mol. The summed E-state index contributed by atoms with van der Waals surface area (Å²) in [5, 5.41) is 2.18. The summed E-state index contributed by atoms with van der Waals surface area (Å²) in [4.78, 5) is 28.0. The molecule has 1 saturated heterocycles. The number of urea groups is 1. The highest BCUT2D eigenvalue weighted by atomic mass is 32.2. The van der Waals surface area contributed by atoms with Crippen LogP contribution in [0, 0.1) is 0 Å². The van der Waals surface area contributed by atoms with E-state index >= 15 is 0 Å². The van der Waals surface area contributed by atoms with Crippen molar-refractivity contribution in [2.45, 2.75) is 4.90 Å². The predicted molar refractivity (Wildman–Crippen MR) is 82.9 cm³/mol. The number of alkyl carbamates (subject to hydrolysis) is 1. The van der Waals surface area contributed by atoms with Crippen LogP contribution < -0.4 is 10.2 Å². The third-order valence-electron chi connectivity index (χ3n) is 3.39. The van der Waals surface area contributed by atoms with Gasteiger partial charge in [0.25, 0.3) is 0 Å². The van der Waals surface area contributed by atoms with Gasteiger partial charge in [-0.05, 0) is 18.4 Å². The molecule has 0 aromatic heterocycles. The summed E-state index contributed by atoms with van der Waals surface area (Å²) in [6.07, 6.45) is 1.33. The van der Waals surface area contributed by atoms with E-state index in [1.807, 2.05) is 12.1 Å². The molecule has 6 nitrogen and oxygen atoms in total. The molecular formula is C14H19N3O3S. The van der Waals surface area contributed by atoms with Crippen molar-refractivity contribution in [3.05, 3.63) is 24.3 Å². The zero-order valence-electron chi connectivity index (χ0n) is 12.2. The van der Waals surface area contributed by atoms with Crippen molar-refractivity contribution in [1.82, 2.24) is 10.2 Å². The normalized spacial score (nSPS) is 14.8. The van der Waals surface area contributed by atoms with E-state index in [9.17, 15) is 9.59 Å². The molecule has 1 fully saturated rings. The molecule has 1 aliphatic heterocycles. The number of hydrogen-bond acceptors (Lipinski definition) is 5. The Labute approximate surface area is 128 Å². The average molecular weight is 309 g/mol. The number of hydrogen-bond donors (Lipinski definition) is 1. The largest absolute Gasteiger partial charge is 0.453 e. The molecule has 1 aliphatic rings. The van der Waals surface area contributed by atoms with Gasteiger partial charge in [-0.15, -0.1) is 11.8 Å². The number of nitrogens with zero attached hydrogens (tertiary/aromatic N) is 2. The molecule has 1 heterocycles. The van der Waals surface area contributed by atoms with Gasteiger partial charge in [0.15, 0.2) is 0 Å². The molecule has 1 aromatic carbocycles.